The van der Waals surface area contributed by atoms with E-state index in [0.29, 0.717) is 36.3 Å². The molecule has 1 heterocycles. The fourth-order valence-corrected chi connectivity index (χ4v) is 3.55. The molecule has 1 saturated heterocycles. The summed E-state index contributed by atoms with van der Waals surface area (Å²) in [6.45, 7) is 3.72. The Balaban J connectivity index is 2.25. The van der Waals surface area contributed by atoms with Crippen molar-refractivity contribution in [3.8, 4) is 0 Å². The maximum atomic E-state index is 13.1. The molecule has 1 aliphatic heterocycles. The van der Waals surface area contributed by atoms with Crippen LogP contribution < -0.4 is 10.2 Å². The highest BCUT2D eigenvalue weighted by molar-refractivity contribution is 8.23. The minimum Gasteiger partial charge on any atom is -0.378 e. The van der Waals surface area contributed by atoms with Crippen molar-refractivity contribution < 1.29 is 22.7 Å². The molecule has 1 amide bonds. The fourth-order valence-electron chi connectivity index (χ4n) is 2.44. The standard InChI is InChI=1S/C17H22F3N3O2S2/c1-11(27-16(26)22(2)3)15(24)21-13-10-12(17(18,19)20)4-5-14(13)23-6-8-25-9-7-23/h4-5,10-11H,6-9H2,1-3H3,(H,21,24). The number of benzene rings is 1. The number of alkyl halides is 3. The Labute approximate surface area is 166 Å². The van der Waals surface area contributed by atoms with Gasteiger partial charge < -0.3 is 19.9 Å². The fraction of sp³-hybridized carbons (Fsp3) is 0.529. The molecular weight excluding hydrogens is 399 g/mol. The summed E-state index contributed by atoms with van der Waals surface area (Å²) in [7, 11) is 3.53. The van der Waals surface area contributed by atoms with Gasteiger partial charge in [0.15, 0.2) is 0 Å². The number of morpholine rings is 1. The summed E-state index contributed by atoms with van der Waals surface area (Å²) in [6, 6.07) is 3.40. The smallest absolute Gasteiger partial charge is 0.378 e. The molecule has 0 aliphatic carbocycles. The van der Waals surface area contributed by atoms with E-state index in [1.165, 1.54) is 17.8 Å². The van der Waals surface area contributed by atoms with E-state index >= 15 is 0 Å². The van der Waals surface area contributed by atoms with Crippen LogP contribution >= 0.6 is 24.0 Å². The van der Waals surface area contributed by atoms with Crippen molar-refractivity contribution in [1.82, 2.24) is 4.90 Å². The lowest BCUT2D eigenvalue weighted by Gasteiger charge is -2.31. The van der Waals surface area contributed by atoms with Crippen LogP contribution in [0.1, 0.15) is 12.5 Å². The lowest BCUT2D eigenvalue weighted by molar-refractivity contribution is -0.137. The van der Waals surface area contributed by atoms with E-state index in [1.807, 2.05) is 4.90 Å². The van der Waals surface area contributed by atoms with Gasteiger partial charge in [-0.3, -0.25) is 4.79 Å². The molecular formula is C17H22F3N3O2S2. The number of ether oxygens (including phenoxy) is 1. The van der Waals surface area contributed by atoms with Crippen LogP contribution in [-0.4, -0.2) is 60.8 Å². The number of rotatable bonds is 4. The van der Waals surface area contributed by atoms with Gasteiger partial charge in [-0.1, -0.05) is 24.0 Å². The van der Waals surface area contributed by atoms with Crippen LogP contribution in [-0.2, 0) is 15.7 Å². The number of thiocarbonyl (C=S) groups is 1. The largest absolute Gasteiger partial charge is 0.416 e. The molecule has 10 heteroatoms. The second-order valence-corrected chi connectivity index (χ2v) is 8.21. The highest BCUT2D eigenvalue weighted by Gasteiger charge is 2.32. The van der Waals surface area contributed by atoms with Crippen molar-refractivity contribution in [2.24, 2.45) is 0 Å². The molecule has 150 valence electrons. The molecule has 5 nitrogen and oxygen atoms in total. The summed E-state index contributed by atoms with van der Waals surface area (Å²) in [6.07, 6.45) is -4.49. The quantitative estimate of drug-likeness (QED) is 0.752. The number of hydrogen-bond donors (Lipinski definition) is 1. The highest BCUT2D eigenvalue weighted by atomic mass is 32.2. The molecule has 1 aromatic rings. The van der Waals surface area contributed by atoms with E-state index in [0.717, 1.165) is 12.1 Å². The first-order chi connectivity index (χ1) is 12.6. The van der Waals surface area contributed by atoms with Crippen LogP contribution in [0.15, 0.2) is 18.2 Å². The molecule has 0 spiro atoms. The monoisotopic (exact) mass is 421 g/mol. The van der Waals surface area contributed by atoms with Crippen LogP contribution in [0.5, 0.6) is 0 Å². The number of anilines is 2. The van der Waals surface area contributed by atoms with Crippen molar-refractivity contribution >= 4 is 45.6 Å². The third-order valence-electron chi connectivity index (χ3n) is 3.95. The number of halogens is 3. The Morgan fingerprint density at radius 2 is 1.96 bits per heavy atom. The molecule has 0 bridgehead atoms. The summed E-state index contributed by atoms with van der Waals surface area (Å²) in [4.78, 5) is 16.1. The maximum Gasteiger partial charge on any atom is 0.416 e. The number of nitrogens with one attached hydrogen (secondary N) is 1. The van der Waals surface area contributed by atoms with Gasteiger partial charge in [0.05, 0.1) is 35.4 Å². The number of amides is 1. The van der Waals surface area contributed by atoms with Crippen molar-refractivity contribution in [3.05, 3.63) is 23.8 Å². The minimum atomic E-state index is -4.49. The number of thioether (sulfide) groups is 1. The molecule has 0 aromatic heterocycles. The molecule has 1 aliphatic rings. The van der Waals surface area contributed by atoms with Gasteiger partial charge in [-0.2, -0.15) is 13.2 Å². The zero-order valence-corrected chi connectivity index (χ0v) is 16.9. The van der Waals surface area contributed by atoms with Gasteiger partial charge in [0.1, 0.15) is 4.32 Å². The van der Waals surface area contributed by atoms with Gasteiger partial charge in [0, 0.05) is 27.2 Å². The predicted octanol–water partition coefficient (Wildman–Crippen LogP) is 3.45. The van der Waals surface area contributed by atoms with Gasteiger partial charge in [0.25, 0.3) is 0 Å². The molecule has 1 fully saturated rings. The summed E-state index contributed by atoms with van der Waals surface area (Å²) < 4.78 is 45.2. The Kier molecular flexibility index (Phi) is 7.35. The second kappa shape index (κ2) is 9.11. The van der Waals surface area contributed by atoms with Gasteiger partial charge in [-0.05, 0) is 25.1 Å². The molecule has 0 radical (unpaired) electrons. The van der Waals surface area contributed by atoms with Crippen LogP contribution in [0.4, 0.5) is 24.5 Å². The van der Waals surface area contributed by atoms with Crippen LogP contribution in [0.25, 0.3) is 0 Å². The van der Waals surface area contributed by atoms with E-state index in [2.05, 4.69) is 5.32 Å². The third kappa shape index (κ3) is 5.98. The average Bonchev–Trinajstić information content (AvgIpc) is 2.61. The van der Waals surface area contributed by atoms with Crippen molar-refractivity contribution in [2.45, 2.75) is 18.3 Å². The topological polar surface area (TPSA) is 44.8 Å². The molecule has 2 rings (SSSR count). The highest BCUT2D eigenvalue weighted by Crippen LogP contribution is 2.36. The number of carbonyl (C=O) groups excluding carboxylic acids is 1. The van der Waals surface area contributed by atoms with Crippen molar-refractivity contribution in [3.63, 3.8) is 0 Å². The summed E-state index contributed by atoms with van der Waals surface area (Å²) in [5, 5.41) is 2.09. The normalized spacial score (nSPS) is 16.0. The number of carbonyl (C=O) groups is 1. The maximum absolute atomic E-state index is 13.1. The van der Waals surface area contributed by atoms with Gasteiger partial charge in [0.2, 0.25) is 5.91 Å². The minimum absolute atomic E-state index is 0.139. The van der Waals surface area contributed by atoms with Gasteiger partial charge in [-0.25, -0.2) is 0 Å². The van der Waals surface area contributed by atoms with Crippen molar-refractivity contribution in [1.29, 1.82) is 0 Å². The van der Waals surface area contributed by atoms with Gasteiger partial charge in [-0.15, -0.1) is 0 Å². The van der Waals surface area contributed by atoms with Crippen molar-refractivity contribution in [2.75, 3.05) is 50.6 Å². The lowest BCUT2D eigenvalue weighted by Crippen LogP contribution is -2.37. The number of hydrogen-bond acceptors (Lipinski definition) is 5. The summed E-state index contributed by atoms with van der Waals surface area (Å²) in [5.74, 6) is -0.405. The van der Waals surface area contributed by atoms with E-state index in [1.54, 1.807) is 25.9 Å². The average molecular weight is 422 g/mol. The van der Waals surface area contributed by atoms with E-state index < -0.39 is 22.9 Å². The van der Waals surface area contributed by atoms with Crippen LogP contribution in [0, 0.1) is 0 Å². The molecule has 1 atom stereocenters. The lowest BCUT2D eigenvalue weighted by atomic mass is 10.1. The molecule has 1 N–H and O–H groups in total. The third-order valence-corrected chi connectivity index (χ3v) is 5.73. The van der Waals surface area contributed by atoms with E-state index in [9.17, 15) is 18.0 Å². The first kappa shape index (κ1) is 21.8. The van der Waals surface area contributed by atoms with Crippen LogP contribution in [0.2, 0.25) is 0 Å². The Bertz CT molecular complexity index is 692. The SMILES string of the molecule is CC(SC(=S)N(C)C)C(=O)Nc1cc(C(F)(F)F)ccc1N1CCOCC1. The molecule has 1 unspecified atom stereocenters. The molecule has 27 heavy (non-hydrogen) atoms. The van der Waals surface area contributed by atoms with E-state index in [4.69, 9.17) is 17.0 Å². The van der Waals surface area contributed by atoms with Crippen LogP contribution in [0.3, 0.4) is 0 Å². The Morgan fingerprint density at radius 1 is 1.33 bits per heavy atom. The zero-order valence-electron chi connectivity index (χ0n) is 15.3. The predicted molar refractivity (Wildman–Crippen MR) is 106 cm³/mol. The first-order valence-electron chi connectivity index (χ1n) is 8.32. The molecule has 1 aromatic carbocycles. The summed E-state index contributed by atoms with van der Waals surface area (Å²) in [5.41, 5.74) is -0.120. The Morgan fingerprint density at radius 3 is 2.52 bits per heavy atom. The first-order valence-corrected chi connectivity index (χ1v) is 9.61. The zero-order chi connectivity index (χ0) is 20.2. The molecule has 0 saturated carbocycles. The Hall–Kier alpha value is -1.52. The van der Waals surface area contributed by atoms with E-state index in [-0.39, 0.29) is 5.69 Å². The number of nitrogens with zero attached hydrogens (tertiary/aromatic N) is 2. The van der Waals surface area contributed by atoms with Gasteiger partial charge >= 0.3 is 6.18 Å². The summed E-state index contributed by atoms with van der Waals surface area (Å²) >= 11 is 6.35. The second-order valence-electron chi connectivity index (χ2n) is 6.24.